The third kappa shape index (κ3) is 3.81. The molecule has 0 bridgehead atoms. The molecule has 148 valence electrons. The number of nitrogens with zero attached hydrogens (tertiary/aromatic N) is 5. The van der Waals surface area contributed by atoms with Crippen molar-refractivity contribution in [3.63, 3.8) is 0 Å². The number of aryl methyl sites for hydroxylation is 4. The molecule has 29 heavy (non-hydrogen) atoms. The van der Waals surface area contributed by atoms with E-state index < -0.39 is 0 Å². The Morgan fingerprint density at radius 2 is 2.17 bits per heavy atom. The Labute approximate surface area is 171 Å². The molecule has 9 heteroatoms. The Morgan fingerprint density at radius 3 is 2.86 bits per heavy atom. The van der Waals surface area contributed by atoms with Gasteiger partial charge >= 0.3 is 0 Å². The van der Waals surface area contributed by atoms with Crippen molar-refractivity contribution >= 4 is 33.8 Å². The fourth-order valence-corrected chi connectivity index (χ4v) is 4.39. The maximum atomic E-state index is 12.8. The van der Waals surface area contributed by atoms with E-state index >= 15 is 0 Å². The first-order valence-electron chi connectivity index (χ1n) is 9.21. The van der Waals surface area contributed by atoms with Crippen molar-refractivity contribution < 1.29 is 4.79 Å². The predicted octanol–water partition coefficient (Wildman–Crippen LogP) is 2.48. The second-order valence-corrected chi connectivity index (χ2v) is 7.83. The summed E-state index contributed by atoms with van der Waals surface area (Å²) < 4.78 is 4.33. The van der Waals surface area contributed by atoms with Gasteiger partial charge in [0.2, 0.25) is 0 Å². The minimum Gasteiger partial charge on any atom is -0.345 e. The molecular formula is C20H21N7OS. The van der Waals surface area contributed by atoms with Crippen LogP contribution >= 0.6 is 11.3 Å². The fraction of sp³-hybridized carbons (Fsp3) is 0.250. The van der Waals surface area contributed by atoms with Crippen molar-refractivity contribution in [2.45, 2.75) is 19.4 Å². The summed E-state index contributed by atoms with van der Waals surface area (Å²) in [6.07, 6.45) is 8.34. The molecule has 0 aliphatic carbocycles. The molecule has 0 aliphatic heterocycles. The monoisotopic (exact) mass is 407 g/mol. The molecule has 0 aromatic carbocycles. The molecular weight excluding hydrogens is 386 g/mol. The van der Waals surface area contributed by atoms with Crippen LogP contribution < -0.4 is 5.32 Å². The summed E-state index contributed by atoms with van der Waals surface area (Å²) in [7, 11) is 3.65. The van der Waals surface area contributed by atoms with E-state index in [4.69, 9.17) is 10.4 Å². The Balaban J connectivity index is 1.55. The number of nitrogens with one attached hydrogen (secondary N) is 2. The summed E-state index contributed by atoms with van der Waals surface area (Å²) >= 11 is 1.54. The standard InChI is InChI=1S/C20H21N7OS/c1-26-9-7-14(25-26)12-23-20(28)17-15(10-21)18-19(27(17)2)24-16(29-18)6-5-13-4-3-8-22-11-13/h3-4,7-11,21H,5-6,12H2,1-2H3,(H,23,28). The van der Waals surface area contributed by atoms with Crippen molar-refractivity contribution in [2.24, 2.45) is 14.1 Å². The zero-order chi connectivity index (χ0) is 20.4. The molecule has 4 rings (SSSR count). The molecule has 4 heterocycles. The van der Waals surface area contributed by atoms with E-state index in [1.54, 1.807) is 15.4 Å². The number of fused-ring (bicyclic) bond motifs is 1. The number of thiazole rings is 1. The molecule has 0 unspecified atom stereocenters. The highest BCUT2D eigenvalue weighted by molar-refractivity contribution is 7.19. The van der Waals surface area contributed by atoms with Gasteiger partial charge in [0, 0.05) is 50.9 Å². The highest BCUT2D eigenvalue weighted by Gasteiger charge is 2.23. The van der Waals surface area contributed by atoms with Crippen LogP contribution in [0.5, 0.6) is 0 Å². The predicted molar refractivity (Wildman–Crippen MR) is 112 cm³/mol. The van der Waals surface area contributed by atoms with Gasteiger partial charge in [0.05, 0.1) is 21.9 Å². The van der Waals surface area contributed by atoms with Gasteiger partial charge in [-0.3, -0.25) is 14.5 Å². The molecule has 0 saturated heterocycles. The number of aromatic nitrogens is 5. The maximum Gasteiger partial charge on any atom is 0.269 e. The lowest BCUT2D eigenvalue weighted by Gasteiger charge is -2.06. The first-order chi connectivity index (χ1) is 14.1. The van der Waals surface area contributed by atoms with E-state index in [2.05, 4.69) is 15.4 Å². The Kier molecular flexibility index (Phi) is 5.22. The third-order valence-corrected chi connectivity index (χ3v) is 5.85. The van der Waals surface area contributed by atoms with Gasteiger partial charge in [0.1, 0.15) is 5.69 Å². The normalized spacial score (nSPS) is 11.1. The van der Waals surface area contributed by atoms with Gasteiger partial charge < -0.3 is 15.3 Å². The lowest BCUT2D eigenvalue weighted by atomic mass is 10.2. The number of pyridine rings is 1. The molecule has 2 N–H and O–H groups in total. The largest absolute Gasteiger partial charge is 0.345 e. The highest BCUT2D eigenvalue weighted by Crippen LogP contribution is 2.30. The van der Waals surface area contributed by atoms with Gasteiger partial charge in [0.25, 0.3) is 5.91 Å². The van der Waals surface area contributed by atoms with Crippen LogP contribution in [0.1, 0.15) is 32.3 Å². The van der Waals surface area contributed by atoms with Crippen LogP contribution in [0.2, 0.25) is 0 Å². The zero-order valence-corrected chi connectivity index (χ0v) is 17.0. The number of hydrogen-bond donors (Lipinski definition) is 2. The molecule has 4 aromatic rings. The minimum absolute atomic E-state index is 0.237. The van der Waals surface area contributed by atoms with E-state index in [1.165, 1.54) is 17.6 Å². The quantitative estimate of drug-likeness (QED) is 0.460. The smallest absolute Gasteiger partial charge is 0.269 e. The van der Waals surface area contributed by atoms with Gasteiger partial charge in [0.15, 0.2) is 5.65 Å². The number of carbonyl (C=O) groups is 1. The molecule has 8 nitrogen and oxygen atoms in total. The lowest BCUT2D eigenvalue weighted by molar-refractivity contribution is 0.0942. The number of rotatable bonds is 7. The van der Waals surface area contributed by atoms with Crippen LogP contribution in [0.4, 0.5) is 0 Å². The average molecular weight is 408 g/mol. The summed E-state index contributed by atoms with van der Waals surface area (Å²) in [5.74, 6) is -0.237. The van der Waals surface area contributed by atoms with Gasteiger partial charge in [-0.25, -0.2) is 4.98 Å². The van der Waals surface area contributed by atoms with Gasteiger partial charge in [-0.05, 0) is 24.1 Å². The fourth-order valence-electron chi connectivity index (χ4n) is 3.28. The van der Waals surface area contributed by atoms with Gasteiger partial charge in [-0.1, -0.05) is 6.07 Å². The Bertz CT molecular complexity index is 1170. The molecule has 0 fully saturated rings. The van der Waals surface area contributed by atoms with E-state index in [1.807, 2.05) is 44.7 Å². The van der Waals surface area contributed by atoms with E-state index in [9.17, 15) is 4.79 Å². The van der Waals surface area contributed by atoms with Crippen molar-refractivity contribution in [2.75, 3.05) is 0 Å². The van der Waals surface area contributed by atoms with E-state index in [0.717, 1.165) is 39.5 Å². The summed E-state index contributed by atoms with van der Waals surface area (Å²) in [6, 6.07) is 5.83. The first-order valence-corrected chi connectivity index (χ1v) is 10.0. The minimum atomic E-state index is -0.237. The number of hydrogen-bond acceptors (Lipinski definition) is 6. The van der Waals surface area contributed by atoms with Crippen LogP contribution in [0, 0.1) is 5.41 Å². The lowest BCUT2D eigenvalue weighted by Crippen LogP contribution is -2.26. The van der Waals surface area contributed by atoms with Gasteiger partial charge in [-0.2, -0.15) is 5.10 Å². The molecule has 1 amide bonds. The molecule has 0 saturated carbocycles. The van der Waals surface area contributed by atoms with Crippen molar-refractivity contribution in [1.29, 1.82) is 5.41 Å². The van der Waals surface area contributed by atoms with E-state index in [0.29, 0.717) is 17.8 Å². The molecule has 0 aliphatic rings. The average Bonchev–Trinajstić information content (AvgIpc) is 3.40. The zero-order valence-electron chi connectivity index (χ0n) is 16.2. The maximum absolute atomic E-state index is 12.8. The second kappa shape index (κ2) is 7.96. The van der Waals surface area contributed by atoms with E-state index in [-0.39, 0.29) is 5.91 Å². The van der Waals surface area contributed by atoms with Gasteiger partial charge in [-0.15, -0.1) is 11.3 Å². The number of carbonyl (C=O) groups excluding carboxylic acids is 1. The van der Waals surface area contributed by atoms with Crippen molar-refractivity contribution in [1.82, 2.24) is 29.6 Å². The molecule has 0 atom stereocenters. The van der Waals surface area contributed by atoms with Crippen LogP contribution in [0.3, 0.4) is 0 Å². The summed E-state index contributed by atoms with van der Waals surface area (Å²) in [6.45, 7) is 0.333. The summed E-state index contributed by atoms with van der Waals surface area (Å²) in [5, 5.41) is 16.0. The van der Waals surface area contributed by atoms with Crippen LogP contribution in [-0.4, -0.2) is 36.4 Å². The topological polar surface area (TPSA) is 101 Å². The SMILES string of the molecule is Cn1ccc(CNC(=O)c2c(C=N)c3sc(CCc4cccnc4)nc3n2C)n1. The Morgan fingerprint density at radius 1 is 1.31 bits per heavy atom. The van der Waals surface area contributed by atoms with Crippen LogP contribution in [0.15, 0.2) is 36.8 Å². The number of amides is 1. The molecule has 0 radical (unpaired) electrons. The third-order valence-electron chi connectivity index (χ3n) is 4.72. The highest BCUT2D eigenvalue weighted by atomic mass is 32.1. The first kappa shape index (κ1) is 19.0. The summed E-state index contributed by atoms with van der Waals surface area (Å²) in [4.78, 5) is 21.7. The van der Waals surface area contributed by atoms with Crippen molar-refractivity contribution in [3.05, 3.63) is 64.3 Å². The molecule has 0 spiro atoms. The van der Waals surface area contributed by atoms with Crippen LogP contribution in [0.25, 0.3) is 10.3 Å². The van der Waals surface area contributed by atoms with Crippen LogP contribution in [-0.2, 0) is 33.5 Å². The molecule has 4 aromatic heterocycles. The second-order valence-electron chi connectivity index (χ2n) is 6.75. The Hall–Kier alpha value is -3.33. The summed E-state index contributed by atoms with van der Waals surface area (Å²) in [5.41, 5.74) is 3.73. The van der Waals surface area contributed by atoms with Crippen molar-refractivity contribution in [3.8, 4) is 0 Å².